The second kappa shape index (κ2) is 10.3. The number of fused-ring (bicyclic) bond motifs is 1. The molecule has 1 fully saturated rings. The number of anilines is 1. The molecule has 0 unspecified atom stereocenters. The first-order valence-corrected chi connectivity index (χ1v) is 13.5. The highest BCUT2D eigenvalue weighted by Crippen LogP contribution is 2.28. The van der Waals surface area contributed by atoms with Gasteiger partial charge in [-0.05, 0) is 56.7 Å². The van der Waals surface area contributed by atoms with Crippen LogP contribution in [0.1, 0.15) is 54.7 Å². The van der Waals surface area contributed by atoms with Gasteiger partial charge in [-0.1, -0.05) is 0 Å². The maximum Gasteiger partial charge on any atom is 0.345 e. The summed E-state index contributed by atoms with van der Waals surface area (Å²) in [5, 5.41) is 7.35. The fourth-order valence-corrected chi connectivity index (χ4v) is 5.53. The monoisotopic (exact) mass is 490 g/mol. The van der Waals surface area contributed by atoms with Crippen LogP contribution in [0.25, 0.3) is 0 Å². The van der Waals surface area contributed by atoms with Gasteiger partial charge in [0.05, 0.1) is 10.5 Å². The molecule has 0 spiro atoms. The van der Waals surface area contributed by atoms with E-state index in [1.807, 2.05) is 0 Å². The highest BCUT2D eigenvalue weighted by atomic mass is 32.2. The minimum absolute atomic E-state index is 0.0880. The topological polar surface area (TPSA) is 110 Å². The third-order valence-corrected chi connectivity index (χ3v) is 8.36. The molecule has 0 atom stereocenters. The summed E-state index contributed by atoms with van der Waals surface area (Å²) in [5.41, 5.74) is 1.03. The van der Waals surface area contributed by atoms with Gasteiger partial charge < -0.3 is 10.2 Å². The summed E-state index contributed by atoms with van der Waals surface area (Å²) in [7, 11) is -0.711. The van der Waals surface area contributed by atoms with Crippen LogP contribution in [0.5, 0.6) is 0 Å². The molecule has 1 aromatic heterocycles. The van der Waals surface area contributed by atoms with E-state index in [-0.39, 0.29) is 16.5 Å². The Kier molecular flexibility index (Phi) is 7.42. The summed E-state index contributed by atoms with van der Waals surface area (Å²) in [5.74, 6) is 0.526. The number of carbonyl (C=O) groups is 1. The number of sulfonamides is 1. The maximum atomic E-state index is 13.2. The second-order valence-corrected chi connectivity index (χ2v) is 11.3. The van der Waals surface area contributed by atoms with E-state index in [0.717, 1.165) is 74.0 Å². The Morgan fingerprint density at radius 3 is 2.53 bits per heavy atom. The highest BCUT2D eigenvalue weighted by molar-refractivity contribution is 7.89. The average Bonchev–Trinajstić information content (AvgIpc) is 3.17. The fraction of sp³-hybridized carbons (Fsp3) is 0.609. The quantitative estimate of drug-likeness (QED) is 0.561. The molecule has 0 saturated carbocycles. The molecule has 2 aromatic rings. The molecule has 2 aliphatic rings. The zero-order valence-corrected chi connectivity index (χ0v) is 20.8. The molecule has 1 saturated heterocycles. The van der Waals surface area contributed by atoms with Crippen molar-refractivity contribution in [1.29, 1.82) is 0 Å². The molecule has 2 aliphatic heterocycles. The van der Waals surface area contributed by atoms with Crippen LogP contribution in [0.4, 0.5) is 5.69 Å². The van der Waals surface area contributed by atoms with Crippen molar-refractivity contribution in [3.63, 3.8) is 0 Å². The van der Waals surface area contributed by atoms with E-state index < -0.39 is 10.0 Å². The van der Waals surface area contributed by atoms with Gasteiger partial charge in [-0.3, -0.25) is 9.36 Å². The minimum atomic E-state index is -3.66. The summed E-state index contributed by atoms with van der Waals surface area (Å²) in [6, 6.07) is 4.79. The molecule has 1 amide bonds. The number of aryl methyl sites for hydroxylation is 2. The SMILES string of the molecule is CN(C)S(=O)(=O)c1ccc(N2CCCCC2)c(C(=O)NCCCn2nc3n(c2=O)CCCC3)c1. The lowest BCUT2D eigenvalue weighted by Crippen LogP contribution is -2.34. The van der Waals surface area contributed by atoms with Crippen molar-refractivity contribution >= 4 is 21.6 Å². The lowest BCUT2D eigenvalue weighted by Gasteiger charge is -2.30. The van der Waals surface area contributed by atoms with E-state index >= 15 is 0 Å². The van der Waals surface area contributed by atoms with Crippen molar-refractivity contribution in [3.05, 3.63) is 40.1 Å². The maximum absolute atomic E-state index is 13.2. The average molecular weight is 491 g/mol. The van der Waals surface area contributed by atoms with Crippen LogP contribution in [0.2, 0.25) is 0 Å². The van der Waals surface area contributed by atoms with E-state index in [2.05, 4.69) is 15.3 Å². The Balaban J connectivity index is 1.47. The first-order chi connectivity index (χ1) is 16.3. The summed E-state index contributed by atoms with van der Waals surface area (Å²) in [6.45, 7) is 3.18. The van der Waals surface area contributed by atoms with Gasteiger partial charge in [0, 0.05) is 58.9 Å². The van der Waals surface area contributed by atoms with Crippen LogP contribution in [0.15, 0.2) is 27.9 Å². The standard InChI is InChI=1S/C23H34N6O4S/c1-26(2)34(32,33)18-10-11-20(27-13-5-3-6-14-27)19(17-18)22(30)24-12-8-16-29-23(31)28-15-7-4-9-21(28)25-29/h10-11,17H,3-9,12-16H2,1-2H3,(H,24,30). The van der Waals surface area contributed by atoms with Crippen LogP contribution < -0.4 is 15.9 Å². The number of carbonyl (C=O) groups excluding carboxylic acids is 1. The number of hydrogen-bond donors (Lipinski definition) is 1. The molecule has 1 aromatic carbocycles. The molecule has 10 nitrogen and oxygen atoms in total. The van der Waals surface area contributed by atoms with Crippen LogP contribution in [0.3, 0.4) is 0 Å². The fourth-order valence-electron chi connectivity index (χ4n) is 4.60. The molecule has 0 bridgehead atoms. The van der Waals surface area contributed by atoms with Crippen molar-refractivity contribution < 1.29 is 13.2 Å². The largest absolute Gasteiger partial charge is 0.371 e. The number of nitrogens with one attached hydrogen (secondary N) is 1. The highest BCUT2D eigenvalue weighted by Gasteiger charge is 2.24. The van der Waals surface area contributed by atoms with E-state index in [0.29, 0.717) is 25.1 Å². The summed E-state index contributed by atoms with van der Waals surface area (Å²) >= 11 is 0. The van der Waals surface area contributed by atoms with E-state index in [1.54, 1.807) is 16.7 Å². The number of amides is 1. The zero-order valence-electron chi connectivity index (χ0n) is 20.0. The Hall–Kier alpha value is -2.66. The molecule has 4 rings (SSSR count). The Morgan fingerprint density at radius 2 is 1.82 bits per heavy atom. The molecule has 0 aliphatic carbocycles. The Morgan fingerprint density at radius 1 is 1.09 bits per heavy atom. The van der Waals surface area contributed by atoms with Gasteiger partial charge in [-0.2, -0.15) is 5.10 Å². The summed E-state index contributed by atoms with van der Waals surface area (Å²) in [6.07, 6.45) is 6.67. The van der Waals surface area contributed by atoms with Crippen molar-refractivity contribution in [3.8, 4) is 0 Å². The molecule has 1 N–H and O–H groups in total. The Bertz CT molecular complexity index is 1190. The third kappa shape index (κ3) is 5.05. The number of hydrogen-bond acceptors (Lipinski definition) is 6. The third-order valence-electron chi connectivity index (χ3n) is 6.55. The van der Waals surface area contributed by atoms with Crippen LogP contribution in [0, 0.1) is 0 Å². The predicted octanol–water partition coefficient (Wildman–Crippen LogP) is 1.44. The number of piperidine rings is 1. The van der Waals surface area contributed by atoms with E-state index in [9.17, 15) is 18.0 Å². The van der Waals surface area contributed by atoms with Gasteiger partial charge in [-0.15, -0.1) is 0 Å². The van der Waals surface area contributed by atoms with Crippen LogP contribution in [-0.2, 0) is 29.5 Å². The number of nitrogens with zero attached hydrogens (tertiary/aromatic N) is 5. The summed E-state index contributed by atoms with van der Waals surface area (Å²) in [4.78, 5) is 27.9. The predicted molar refractivity (Wildman–Crippen MR) is 130 cm³/mol. The first kappa shape index (κ1) is 24.5. The van der Waals surface area contributed by atoms with Gasteiger partial charge in [0.25, 0.3) is 5.91 Å². The minimum Gasteiger partial charge on any atom is -0.371 e. The van der Waals surface area contributed by atoms with Gasteiger partial charge in [0.15, 0.2) is 0 Å². The van der Waals surface area contributed by atoms with Crippen molar-refractivity contribution in [2.75, 3.05) is 38.6 Å². The van der Waals surface area contributed by atoms with Gasteiger partial charge >= 0.3 is 5.69 Å². The van der Waals surface area contributed by atoms with Gasteiger partial charge in [0.1, 0.15) is 5.82 Å². The Labute approximate surface area is 200 Å². The lowest BCUT2D eigenvalue weighted by molar-refractivity contribution is 0.0952. The van der Waals surface area contributed by atoms with Crippen molar-refractivity contribution in [2.24, 2.45) is 0 Å². The van der Waals surface area contributed by atoms with Gasteiger partial charge in [-0.25, -0.2) is 22.2 Å². The number of rotatable bonds is 8. The van der Waals surface area contributed by atoms with Crippen LogP contribution in [-0.4, -0.2) is 66.7 Å². The lowest BCUT2D eigenvalue weighted by atomic mass is 10.1. The van der Waals surface area contributed by atoms with Crippen molar-refractivity contribution in [1.82, 2.24) is 24.0 Å². The van der Waals surface area contributed by atoms with E-state index in [4.69, 9.17) is 0 Å². The molecular formula is C23H34N6O4S. The molecule has 0 radical (unpaired) electrons. The van der Waals surface area contributed by atoms with Crippen molar-refractivity contribution in [2.45, 2.75) is 62.9 Å². The second-order valence-electron chi connectivity index (χ2n) is 9.15. The zero-order chi connectivity index (χ0) is 24.3. The van der Waals surface area contributed by atoms with E-state index in [1.165, 1.54) is 24.8 Å². The molecule has 34 heavy (non-hydrogen) atoms. The molecule has 186 valence electrons. The first-order valence-electron chi connectivity index (χ1n) is 12.1. The van der Waals surface area contributed by atoms with Crippen LogP contribution >= 0.6 is 0 Å². The normalized spacial score (nSPS) is 16.5. The molecule has 11 heteroatoms. The molecule has 3 heterocycles. The smallest absolute Gasteiger partial charge is 0.345 e. The molecular weight excluding hydrogens is 456 g/mol. The number of aromatic nitrogens is 3. The van der Waals surface area contributed by atoms with Gasteiger partial charge in [0.2, 0.25) is 10.0 Å². The number of benzene rings is 1. The summed E-state index contributed by atoms with van der Waals surface area (Å²) < 4.78 is 29.7.